The van der Waals surface area contributed by atoms with Gasteiger partial charge < -0.3 is 19.9 Å². The first kappa shape index (κ1) is 28.3. The third-order valence-electron chi connectivity index (χ3n) is 7.17. The van der Waals surface area contributed by atoms with Crippen molar-refractivity contribution >= 4 is 16.8 Å². The topological polar surface area (TPSA) is 92.6 Å². The highest BCUT2D eigenvalue weighted by Crippen LogP contribution is 2.25. The number of ether oxygens (including phenoxy) is 1. The molecular formula is C30H32F2N6O3. The number of aromatic nitrogens is 3. The van der Waals surface area contributed by atoms with Crippen LogP contribution in [-0.2, 0) is 13.1 Å². The first-order chi connectivity index (χ1) is 19.9. The molecule has 214 valence electrons. The standard InChI is InChI=1S/C30H32F2N6O3/c1-36-10-12-37(13-11-36)9-2-14-41-28-7-8-34-27-6-4-21(15-23(27)28)17-35-29(39)24-18-33-20-38(30(24)40)19-22-3-5-25(31)26(32)16-22/h3-8,15-16,18,20H,2,9-14,17,19H2,1H3,(H,35,39). The molecular weight excluding hydrogens is 530 g/mol. The van der Waals surface area contributed by atoms with Crippen LogP contribution in [0, 0.1) is 11.6 Å². The summed E-state index contributed by atoms with van der Waals surface area (Å²) < 4.78 is 34.1. The number of nitrogens with zero attached hydrogens (tertiary/aromatic N) is 5. The molecule has 4 aromatic rings. The van der Waals surface area contributed by atoms with E-state index >= 15 is 0 Å². The van der Waals surface area contributed by atoms with E-state index in [-0.39, 0.29) is 18.7 Å². The summed E-state index contributed by atoms with van der Waals surface area (Å²) >= 11 is 0. The Bertz CT molecular complexity index is 1590. The number of carbonyl (C=O) groups is 1. The van der Waals surface area contributed by atoms with Gasteiger partial charge in [0.15, 0.2) is 11.6 Å². The van der Waals surface area contributed by atoms with Gasteiger partial charge in [0, 0.05) is 57.0 Å². The highest BCUT2D eigenvalue weighted by atomic mass is 19.2. The normalized spacial score (nSPS) is 14.3. The fourth-order valence-electron chi connectivity index (χ4n) is 4.78. The number of rotatable bonds is 10. The quantitative estimate of drug-likeness (QED) is 0.297. The molecule has 9 nitrogen and oxygen atoms in total. The van der Waals surface area contributed by atoms with Gasteiger partial charge in [-0.1, -0.05) is 12.1 Å². The summed E-state index contributed by atoms with van der Waals surface area (Å²) in [5.74, 6) is -1.85. The van der Waals surface area contributed by atoms with Gasteiger partial charge in [0.2, 0.25) is 0 Å². The molecule has 1 N–H and O–H groups in total. The molecule has 2 aromatic heterocycles. The second-order valence-corrected chi connectivity index (χ2v) is 10.2. The zero-order chi connectivity index (χ0) is 28.8. The van der Waals surface area contributed by atoms with Crippen molar-refractivity contribution in [3.63, 3.8) is 0 Å². The lowest BCUT2D eigenvalue weighted by molar-refractivity contribution is 0.0948. The Morgan fingerprint density at radius 2 is 1.83 bits per heavy atom. The zero-order valence-corrected chi connectivity index (χ0v) is 22.9. The molecule has 11 heteroatoms. The van der Waals surface area contributed by atoms with Crippen molar-refractivity contribution in [3.8, 4) is 5.75 Å². The van der Waals surface area contributed by atoms with Crippen LogP contribution in [0.3, 0.4) is 0 Å². The number of halogens is 2. The van der Waals surface area contributed by atoms with Gasteiger partial charge in [-0.2, -0.15) is 0 Å². The molecule has 0 aliphatic carbocycles. The summed E-state index contributed by atoms with van der Waals surface area (Å²) in [4.78, 5) is 39.0. The monoisotopic (exact) mass is 562 g/mol. The van der Waals surface area contributed by atoms with Gasteiger partial charge >= 0.3 is 0 Å². The van der Waals surface area contributed by atoms with Gasteiger partial charge in [-0.3, -0.25) is 19.1 Å². The Balaban J connectivity index is 1.20. The van der Waals surface area contributed by atoms with Crippen molar-refractivity contribution in [1.29, 1.82) is 0 Å². The summed E-state index contributed by atoms with van der Waals surface area (Å²) in [6.45, 7) is 6.02. The van der Waals surface area contributed by atoms with E-state index in [0.717, 1.165) is 73.5 Å². The van der Waals surface area contributed by atoms with E-state index in [1.807, 2.05) is 24.3 Å². The number of hydrogen-bond donors (Lipinski definition) is 1. The van der Waals surface area contributed by atoms with Gasteiger partial charge in [-0.05, 0) is 54.9 Å². The number of fused-ring (bicyclic) bond motifs is 1. The molecule has 0 atom stereocenters. The van der Waals surface area contributed by atoms with Crippen molar-refractivity contribution < 1.29 is 18.3 Å². The Hall–Kier alpha value is -4.22. The third kappa shape index (κ3) is 7.11. The minimum atomic E-state index is -1.01. The number of nitrogens with one attached hydrogen (secondary N) is 1. The van der Waals surface area contributed by atoms with Gasteiger partial charge in [0.1, 0.15) is 11.3 Å². The Morgan fingerprint density at radius 3 is 2.63 bits per heavy atom. The number of likely N-dealkylation sites (N-methyl/N-ethyl adjacent to an activating group) is 1. The molecule has 5 rings (SSSR count). The number of hydrogen-bond acceptors (Lipinski definition) is 7. The molecule has 1 aliphatic heterocycles. The second-order valence-electron chi connectivity index (χ2n) is 10.2. The van der Waals surface area contributed by atoms with E-state index in [0.29, 0.717) is 12.2 Å². The van der Waals surface area contributed by atoms with Crippen molar-refractivity contribution in [2.24, 2.45) is 0 Å². The van der Waals surface area contributed by atoms with Crippen molar-refractivity contribution in [1.82, 2.24) is 29.7 Å². The Kier molecular flexibility index (Phi) is 8.95. The summed E-state index contributed by atoms with van der Waals surface area (Å²) in [6.07, 6.45) is 5.08. The maximum atomic E-state index is 13.6. The molecule has 2 aromatic carbocycles. The summed E-state index contributed by atoms with van der Waals surface area (Å²) in [5.41, 5.74) is 1.22. The van der Waals surface area contributed by atoms with E-state index < -0.39 is 23.1 Å². The molecule has 0 saturated carbocycles. The lowest BCUT2D eigenvalue weighted by Gasteiger charge is -2.32. The van der Waals surface area contributed by atoms with Crippen LogP contribution in [0.25, 0.3) is 10.9 Å². The molecule has 0 unspecified atom stereocenters. The van der Waals surface area contributed by atoms with Crippen LogP contribution >= 0.6 is 0 Å². The van der Waals surface area contributed by atoms with E-state index in [2.05, 4.69) is 32.1 Å². The van der Waals surface area contributed by atoms with Crippen molar-refractivity contribution in [2.45, 2.75) is 19.5 Å². The molecule has 1 amide bonds. The maximum absolute atomic E-state index is 13.6. The van der Waals surface area contributed by atoms with Crippen LogP contribution in [0.1, 0.15) is 27.9 Å². The molecule has 3 heterocycles. The zero-order valence-electron chi connectivity index (χ0n) is 22.9. The van der Waals surface area contributed by atoms with Crippen LogP contribution < -0.4 is 15.6 Å². The fraction of sp³-hybridized carbons (Fsp3) is 0.333. The lowest BCUT2D eigenvalue weighted by Crippen LogP contribution is -2.44. The minimum absolute atomic E-state index is 0.0556. The molecule has 0 spiro atoms. The molecule has 1 saturated heterocycles. The van der Waals surface area contributed by atoms with Crippen LogP contribution in [0.15, 0.2) is 66.0 Å². The van der Waals surface area contributed by atoms with Crippen molar-refractivity contribution in [3.05, 3.63) is 99.9 Å². The number of piperazine rings is 1. The number of benzene rings is 2. The van der Waals surface area contributed by atoms with Crippen molar-refractivity contribution in [2.75, 3.05) is 46.4 Å². The average molecular weight is 563 g/mol. The van der Waals surface area contributed by atoms with Gasteiger partial charge in [0.25, 0.3) is 11.5 Å². The smallest absolute Gasteiger partial charge is 0.266 e. The third-order valence-corrected chi connectivity index (χ3v) is 7.17. The highest BCUT2D eigenvalue weighted by molar-refractivity contribution is 5.93. The molecule has 0 bridgehead atoms. The van der Waals surface area contributed by atoms with Gasteiger partial charge in [0.05, 0.1) is 25.0 Å². The maximum Gasteiger partial charge on any atom is 0.266 e. The first-order valence-corrected chi connectivity index (χ1v) is 13.6. The Labute approximate surface area is 236 Å². The van der Waals surface area contributed by atoms with Crippen LogP contribution in [0.2, 0.25) is 0 Å². The number of carbonyl (C=O) groups excluding carboxylic acids is 1. The first-order valence-electron chi connectivity index (χ1n) is 13.6. The van der Waals surface area contributed by atoms with Gasteiger partial charge in [-0.25, -0.2) is 13.8 Å². The van der Waals surface area contributed by atoms with Crippen LogP contribution in [0.4, 0.5) is 8.78 Å². The average Bonchev–Trinajstić information content (AvgIpc) is 2.98. The minimum Gasteiger partial charge on any atom is -0.493 e. The predicted octanol–water partition coefficient (Wildman–Crippen LogP) is 3.06. The molecule has 1 fully saturated rings. The van der Waals surface area contributed by atoms with E-state index in [9.17, 15) is 18.4 Å². The largest absolute Gasteiger partial charge is 0.493 e. The predicted molar refractivity (Wildman–Crippen MR) is 151 cm³/mol. The highest BCUT2D eigenvalue weighted by Gasteiger charge is 2.15. The molecule has 0 radical (unpaired) electrons. The van der Waals surface area contributed by atoms with Crippen LogP contribution in [0.5, 0.6) is 5.75 Å². The summed E-state index contributed by atoms with van der Waals surface area (Å²) in [6, 6.07) is 10.9. The fourth-order valence-corrected chi connectivity index (χ4v) is 4.78. The lowest BCUT2D eigenvalue weighted by atomic mass is 10.1. The number of pyridine rings is 1. The molecule has 41 heavy (non-hydrogen) atoms. The SMILES string of the molecule is CN1CCN(CCCOc2ccnc3ccc(CNC(=O)c4cncn(Cc5ccc(F)c(F)c5)c4=O)cc23)CC1. The van der Waals surface area contributed by atoms with E-state index in [1.54, 1.807) is 6.20 Å². The molecule has 1 aliphatic rings. The summed E-state index contributed by atoms with van der Waals surface area (Å²) in [7, 11) is 2.14. The van der Waals surface area contributed by atoms with Gasteiger partial charge in [-0.15, -0.1) is 0 Å². The Morgan fingerprint density at radius 1 is 1.02 bits per heavy atom. The van der Waals surface area contributed by atoms with Crippen LogP contribution in [-0.4, -0.2) is 76.6 Å². The number of amides is 1. The van der Waals surface area contributed by atoms with E-state index in [1.165, 1.54) is 23.2 Å². The van der Waals surface area contributed by atoms with E-state index in [4.69, 9.17) is 4.74 Å². The summed E-state index contributed by atoms with van der Waals surface area (Å²) in [5, 5.41) is 3.61. The second kappa shape index (κ2) is 13.0.